The molecule has 0 unspecified atom stereocenters. The molecule has 2 aromatic heterocycles. The number of thiophene rings is 1. The predicted molar refractivity (Wildman–Crippen MR) is 73.8 cm³/mol. The first-order chi connectivity index (χ1) is 9.24. The maximum absolute atomic E-state index is 10.7. The minimum atomic E-state index is -0.824. The Morgan fingerprint density at radius 3 is 3.00 bits per heavy atom. The smallest absolute Gasteiger partial charge is 0.313 e. The summed E-state index contributed by atoms with van der Waals surface area (Å²) in [5, 5.41) is 22.0. The van der Waals surface area contributed by atoms with Gasteiger partial charge in [0.25, 0.3) is 0 Å². The molecule has 1 saturated carbocycles. The van der Waals surface area contributed by atoms with E-state index in [0.717, 1.165) is 30.2 Å². The van der Waals surface area contributed by atoms with Gasteiger partial charge in [0.05, 0.1) is 5.75 Å². The molecule has 0 bridgehead atoms. The van der Waals surface area contributed by atoms with Crippen molar-refractivity contribution in [3.8, 4) is 0 Å². The molecule has 1 aliphatic carbocycles. The first-order valence-electron chi connectivity index (χ1n) is 6.03. The first-order valence-corrected chi connectivity index (χ1v) is 7.96. The third-order valence-corrected chi connectivity index (χ3v) is 4.57. The number of carboxylic acid groups (broad SMARTS) is 1. The highest BCUT2D eigenvalue weighted by Gasteiger charge is 2.29. The van der Waals surface area contributed by atoms with E-state index in [0.29, 0.717) is 6.04 Å². The second-order valence-corrected chi connectivity index (χ2v) is 6.21. The van der Waals surface area contributed by atoms with Crippen LogP contribution in [0.15, 0.2) is 22.0 Å². The molecule has 0 saturated heterocycles. The molecule has 0 amide bonds. The fraction of sp³-hybridized carbons (Fsp3) is 0.417. The quantitative estimate of drug-likeness (QED) is 0.829. The van der Waals surface area contributed by atoms with Gasteiger partial charge in [0.1, 0.15) is 5.82 Å². The minimum absolute atomic E-state index is 0.0311. The number of carbonyl (C=O) groups is 1. The number of carboxylic acids is 1. The Kier molecular flexibility index (Phi) is 3.56. The number of nitrogens with zero attached hydrogens (tertiary/aromatic N) is 3. The van der Waals surface area contributed by atoms with E-state index in [9.17, 15) is 4.79 Å². The van der Waals surface area contributed by atoms with Crippen LogP contribution < -0.4 is 0 Å². The first kappa shape index (κ1) is 12.7. The van der Waals surface area contributed by atoms with Gasteiger partial charge in [0, 0.05) is 12.5 Å². The highest BCUT2D eigenvalue weighted by molar-refractivity contribution is 7.99. The van der Waals surface area contributed by atoms with E-state index >= 15 is 0 Å². The monoisotopic (exact) mass is 295 g/mol. The molecule has 3 rings (SSSR count). The fourth-order valence-electron chi connectivity index (χ4n) is 1.93. The standard InChI is InChI=1S/C12H13N3O2S2/c16-11(17)7-19-12-14-13-10(15(12)9-1-2-9)5-8-3-4-18-6-8/h3-4,6,9H,1-2,5,7H2,(H,16,17). The van der Waals surface area contributed by atoms with Crippen LogP contribution in [0.1, 0.15) is 30.3 Å². The summed E-state index contributed by atoms with van der Waals surface area (Å²) >= 11 is 2.92. The van der Waals surface area contributed by atoms with E-state index in [4.69, 9.17) is 5.11 Å². The largest absolute Gasteiger partial charge is 0.481 e. The number of hydrogen-bond donors (Lipinski definition) is 1. The van der Waals surface area contributed by atoms with Crippen molar-refractivity contribution in [3.63, 3.8) is 0 Å². The lowest BCUT2D eigenvalue weighted by Crippen LogP contribution is -2.05. The maximum Gasteiger partial charge on any atom is 0.313 e. The van der Waals surface area contributed by atoms with Crippen molar-refractivity contribution < 1.29 is 9.90 Å². The Bertz CT molecular complexity index is 576. The SMILES string of the molecule is O=C(O)CSc1nnc(Cc2ccsc2)n1C1CC1. The van der Waals surface area contributed by atoms with E-state index in [1.807, 2.05) is 5.38 Å². The van der Waals surface area contributed by atoms with Crippen molar-refractivity contribution in [1.29, 1.82) is 0 Å². The van der Waals surface area contributed by atoms with Gasteiger partial charge in [-0.2, -0.15) is 11.3 Å². The molecule has 5 nitrogen and oxygen atoms in total. The van der Waals surface area contributed by atoms with E-state index in [-0.39, 0.29) is 5.75 Å². The van der Waals surface area contributed by atoms with Crippen molar-refractivity contribution in [2.75, 3.05) is 5.75 Å². The summed E-state index contributed by atoms with van der Waals surface area (Å²) in [4.78, 5) is 10.7. The Morgan fingerprint density at radius 2 is 2.37 bits per heavy atom. The van der Waals surface area contributed by atoms with Gasteiger partial charge < -0.3 is 9.67 Å². The summed E-state index contributed by atoms with van der Waals surface area (Å²) in [5.74, 6) is 0.145. The highest BCUT2D eigenvalue weighted by Crippen LogP contribution is 2.39. The van der Waals surface area contributed by atoms with Gasteiger partial charge in [-0.3, -0.25) is 4.79 Å². The molecule has 0 aliphatic heterocycles. The third-order valence-electron chi connectivity index (χ3n) is 2.91. The van der Waals surface area contributed by atoms with E-state index in [1.54, 1.807) is 11.3 Å². The molecule has 1 aliphatic rings. The summed E-state index contributed by atoms with van der Waals surface area (Å²) in [6, 6.07) is 2.54. The molecule has 0 spiro atoms. The average molecular weight is 295 g/mol. The Hall–Kier alpha value is -1.34. The van der Waals surface area contributed by atoms with E-state index < -0.39 is 5.97 Å². The minimum Gasteiger partial charge on any atom is -0.481 e. The zero-order chi connectivity index (χ0) is 13.2. The van der Waals surface area contributed by atoms with Crippen molar-refractivity contribution in [3.05, 3.63) is 28.2 Å². The van der Waals surface area contributed by atoms with Crippen molar-refractivity contribution in [2.45, 2.75) is 30.5 Å². The van der Waals surface area contributed by atoms with Crippen molar-refractivity contribution in [2.24, 2.45) is 0 Å². The zero-order valence-corrected chi connectivity index (χ0v) is 11.8. The highest BCUT2D eigenvalue weighted by atomic mass is 32.2. The maximum atomic E-state index is 10.7. The van der Waals surface area contributed by atoms with Crippen LogP contribution in [0.4, 0.5) is 0 Å². The van der Waals surface area contributed by atoms with Gasteiger partial charge in [-0.1, -0.05) is 11.8 Å². The van der Waals surface area contributed by atoms with Crippen molar-refractivity contribution in [1.82, 2.24) is 14.8 Å². The molecule has 19 heavy (non-hydrogen) atoms. The fourth-order valence-corrected chi connectivity index (χ4v) is 3.34. The van der Waals surface area contributed by atoms with E-state index in [2.05, 4.69) is 26.2 Å². The molecular weight excluding hydrogens is 282 g/mol. The van der Waals surface area contributed by atoms with E-state index in [1.165, 1.54) is 17.3 Å². The van der Waals surface area contributed by atoms with Crippen LogP contribution in [0.2, 0.25) is 0 Å². The normalized spacial score (nSPS) is 14.7. The summed E-state index contributed by atoms with van der Waals surface area (Å²) < 4.78 is 2.12. The summed E-state index contributed by atoms with van der Waals surface area (Å²) in [6.07, 6.45) is 3.03. The van der Waals surface area contributed by atoms with Gasteiger partial charge in [0.2, 0.25) is 0 Å². The third kappa shape index (κ3) is 2.98. The average Bonchev–Trinajstić information content (AvgIpc) is 2.94. The predicted octanol–water partition coefficient (Wildman–Crippen LogP) is 2.44. The molecule has 1 fully saturated rings. The molecule has 0 aromatic carbocycles. The molecule has 1 N–H and O–H groups in total. The van der Waals surface area contributed by atoms with Crippen LogP contribution in [-0.2, 0) is 11.2 Å². The van der Waals surface area contributed by atoms with Gasteiger partial charge in [-0.15, -0.1) is 10.2 Å². The Labute approximate surface area is 118 Å². The molecule has 2 aromatic rings. The number of thioether (sulfide) groups is 1. The molecular formula is C12H13N3O2S2. The van der Waals surface area contributed by atoms with Crippen LogP contribution >= 0.6 is 23.1 Å². The summed E-state index contributed by atoms with van der Waals surface area (Å²) in [5.41, 5.74) is 1.23. The number of aliphatic carboxylic acids is 1. The van der Waals surface area contributed by atoms with Crippen LogP contribution in [-0.4, -0.2) is 31.6 Å². The van der Waals surface area contributed by atoms with Gasteiger partial charge in [0.15, 0.2) is 5.16 Å². The number of aromatic nitrogens is 3. The molecule has 2 heterocycles. The second-order valence-electron chi connectivity index (χ2n) is 4.49. The second kappa shape index (κ2) is 5.34. The van der Waals surface area contributed by atoms with Crippen molar-refractivity contribution >= 4 is 29.1 Å². The number of hydrogen-bond acceptors (Lipinski definition) is 5. The van der Waals surface area contributed by atoms with Crippen LogP contribution in [0.3, 0.4) is 0 Å². The van der Waals surface area contributed by atoms with Gasteiger partial charge in [-0.25, -0.2) is 0 Å². The Balaban J connectivity index is 1.81. The summed E-state index contributed by atoms with van der Waals surface area (Å²) in [6.45, 7) is 0. The van der Waals surface area contributed by atoms with Gasteiger partial charge in [-0.05, 0) is 35.2 Å². The zero-order valence-electron chi connectivity index (χ0n) is 10.2. The van der Waals surface area contributed by atoms with Crippen LogP contribution in [0, 0.1) is 0 Å². The Morgan fingerprint density at radius 1 is 1.53 bits per heavy atom. The lowest BCUT2D eigenvalue weighted by molar-refractivity contribution is -0.133. The lowest BCUT2D eigenvalue weighted by atomic mass is 10.2. The van der Waals surface area contributed by atoms with Gasteiger partial charge >= 0.3 is 5.97 Å². The topological polar surface area (TPSA) is 68.0 Å². The van der Waals surface area contributed by atoms with Crippen LogP contribution in [0.25, 0.3) is 0 Å². The molecule has 0 radical (unpaired) electrons. The molecule has 0 atom stereocenters. The molecule has 100 valence electrons. The molecule has 7 heteroatoms. The van der Waals surface area contributed by atoms with Crippen LogP contribution in [0.5, 0.6) is 0 Å². The number of rotatable bonds is 6. The summed E-state index contributed by atoms with van der Waals surface area (Å²) in [7, 11) is 0. The lowest BCUT2D eigenvalue weighted by Gasteiger charge is -2.07.